The van der Waals surface area contributed by atoms with E-state index in [1.165, 1.54) is 37.1 Å². The predicted molar refractivity (Wildman–Crippen MR) is 77.7 cm³/mol. The molecule has 2 nitrogen and oxygen atoms in total. The summed E-state index contributed by atoms with van der Waals surface area (Å²) in [7, 11) is 0. The van der Waals surface area contributed by atoms with Crippen molar-refractivity contribution >= 4 is 0 Å². The molecule has 0 radical (unpaired) electrons. The summed E-state index contributed by atoms with van der Waals surface area (Å²) in [6.07, 6.45) is 2.66. The van der Waals surface area contributed by atoms with Crippen LogP contribution in [0.15, 0.2) is 24.3 Å². The third-order valence-electron chi connectivity index (χ3n) is 3.85. The predicted octanol–water partition coefficient (Wildman–Crippen LogP) is 2.96. The molecule has 0 aromatic heterocycles. The summed E-state index contributed by atoms with van der Waals surface area (Å²) in [6.45, 7) is 10.2. The van der Waals surface area contributed by atoms with Gasteiger partial charge in [-0.2, -0.15) is 0 Å². The Morgan fingerprint density at radius 2 is 2.00 bits per heavy atom. The quantitative estimate of drug-likeness (QED) is 0.859. The Labute approximate surface area is 111 Å². The monoisotopic (exact) mass is 246 g/mol. The number of hydrogen-bond acceptors (Lipinski definition) is 2. The third-order valence-corrected chi connectivity index (χ3v) is 3.85. The fourth-order valence-electron chi connectivity index (χ4n) is 2.58. The van der Waals surface area contributed by atoms with Gasteiger partial charge in [-0.1, -0.05) is 29.8 Å². The second-order valence-electron chi connectivity index (χ2n) is 5.80. The van der Waals surface area contributed by atoms with E-state index in [0.29, 0.717) is 12.1 Å². The standard InChI is InChI=1S/C16H26N2/c1-13(2)18(12-16-5-4-10-17-16)11-15-8-6-14(3)7-9-15/h6-9,13,16-17H,4-5,10-12H2,1-3H3. The van der Waals surface area contributed by atoms with Crippen molar-refractivity contribution in [2.75, 3.05) is 13.1 Å². The fourth-order valence-corrected chi connectivity index (χ4v) is 2.58. The molecule has 18 heavy (non-hydrogen) atoms. The van der Waals surface area contributed by atoms with Gasteiger partial charge in [-0.15, -0.1) is 0 Å². The van der Waals surface area contributed by atoms with Gasteiger partial charge < -0.3 is 5.32 Å². The molecule has 1 aromatic carbocycles. The Hall–Kier alpha value is -0.860. The molecule has 1 saturated heterocycles. The molecule has 1 aliphatic rings. The summed E-state index contributed by atoms with van der Waals surface area (Å²) in [5.41, 5.74) is 2.76. The van der Waals surface area contributed by atoms with Crippen LogP contribution in [0.1, 0.15) is 37.8 Å². The third kappa shape index (κ3) is 3.82. The maximum atomic E-state index is 3.60. The zero-order chi connectivity index (χ0) is 13.0. The van der Waals surface area contributed by atoms with Gasteiger partial charge in [-0.05, 0) is 45.7 Å². The molecule has 0 spiro atoms. The summed E-state index contributed by atoms with van der Waals surface area (Å²) in [5.74, 6) is 0. The maximum Gasteiger partial charge on any atom is 0.0237 e. The number of hydrogen-bond donors (Lipinski definition) is 1. The molecule has 1 fully saturated rings. The van der Waals surface area contributed by atoms with E-state index in [1.54, 1.807) is 0 Å². The average Bonchev–Trinajstić information content (AvgIpc) is 2.84. The number of aryl methyl sites for hydroxylation is 1. The van der Waals surface area contributed by atoms with E-state index in [1.807, 2.05) is 0 Å². The second kappa shape index (κ2) is 6.35. The number of nitrogens with one attached hydrogen (secondary N) is 1. The molecule has 0 bridgehead atoms. The molecule has 1 heterocycles. The summed E-state index contributed by atoms with van der Waals surface area (Å²) >= 11 is 0. The zero-order valence-electron chi connectivity index (χ0n) is 11.9. The van der Waals surface area contributed by atoms with Gasteiger partial charge in [0.1, 0.15) is 0 Å². The molecule has 100 valence electrons. The van der Waals surface area contributed by atoms with E-state index in [2.05, 4.69) is 55.3 Å². The first-order valence-corrected chi connectivity index (χ1v) is 7.18. The highest BCUT2D eigenvalue weighted by Gasteiger charge is 2.19. The van der Waals surface area contributed by atoms with E-state index in [9.17, 15) is 0 Å². The van der Waals surface area contributed by atoms with Crippen molar-refractivity contribution in [2.45, 2.75) is 52.2 Å². The molecular formula is C16H26N2. The minimum absolute atomic E-state index is 0.605. The first-order chi connectivity index (χ1) is 8.65. The van der Waals surface area contributed by atoms with Crippen LogP contribution in [0.5, 0.6) is 0 Å². The highest BCUT2D eigenvalue weighted by atomic mass is 15.2. The molecule has 2 heteroatoms. The van der Waals surface area contributed by atoms with Crippen molar-refractivity contribution in [1.82, 2.24) is 10.2 Å². The van der Waals surface area contributed by atoms with Crippen LogP contribution in [0.3, 0.4) is 0 Å². The highest BCUT2D eigenvalue weighted by Crippen LogP contribution is 2.13. The van der Waals surface area contributed by atoms with E-state index < -0.39 is 0 Å². The van der Waals surface area contributed by atoms with Crippen LogP contribution in [0, 0.1) is 6.92 Å². The van der Waals surface area contributed by atoms with Crippen LogP contribution in [-0.4, -0.2) is 30.1 Å². The normalized spacial score (nSPS) is 19.9. The van der Waals surface area contributed by atoms with Gasteiger partial charge in [0, 0.05) is 25.2 Å². The minimum Gasteiger partial charge on any atom is -0.313 e. The lowest BCUT2D eigenvalue weighted by atomic mass is 10.1. The van der Waals surface area contributed by atoms with Crippen LogP contribution in [0.2, 0.25) is 0 Å². The van der Waals surface area contributed by atoms with E-state index in [-0.39, 0.29) is 0 Å². The number of rotatable bonds is 5. The largest absolute Gasteiger partial charge is 0.313 e. The second-order valence-corrected chi connectivity index (χ2v) is 5.80. The average molecular weight is 246 g/mol. The van der Waals surface area contributed by atoms with Gasteiger partial charge in [0.2, 0.25) is 0 Å². The molecule has 1 unspecified atom stereocenters. The van der Waals surface area contributed by atoms with Crippen LogP contribution >= 0.6 is 0 Å². The molecule has 1 aromatic rings. The smallest absolute Gasteiger partial charge is 0.0237 e. The molecule has 2 rings (SSSR count). The Morgan fingerprint density at radius 3 is 2.56 bits per heavy atom. The lowest BCUT2D eigenvalue weighted by molar-refractivity contribution is 0.194. The van der Waals surface area contributed by atoms with Gasteiger partial charge in [0.05, 0.1) is 0 Å². The lowest BCUT2D eigenvalue weighted by Crippen LogP contribution is -2.40. The van der Waals surface area contributed by atoms with Gasteiger partial charge in [0.15, 0.2) is 0 Å². The molecule has 1 aliphatic heterocycles. The topological polar surface area (TPSA) is 15.3 Å². The van der Waals surface area contributed by atoms with Gasteiger partial charge in [0.25, 0.3) is 0 Å². The van der Waals surface area contributed by atoms with Gasteiger partial charge in [-0.25, -0.2) is 0 Å². The minimum atomic E-state index is 0.605. The van der Waals surface area contributed by atoms with Crippen molar-refractivity contribution in [3.63, 3.8) is 0 Å². The van der Waals surface area contributed by atoms with Crippen LogP contribution in [0.25, 0.3) is 0 Å². The summed E-state index contributed by atoms with van der Waals surface area (Å²) in [6, 6.07) is 10.2. The van der Waals surface area contributed by atoms with E-state index in [0.717, 1.165) is 6.54 Å². The van der Waals surface area contributed by atoms with Crippen LogP contribution in [-0.2, 0) is 6.54 Å². The first kappa shape index (κ1) is 13.6. The molecular weight excluding hydrogens is 220 g/mol. The number of benzene rings is 1. The Balaban J connectivity index is 1.94. The SMILES string of the molecule is Cc1ccc(CN(CC2CCCN2)C(C)C)cc1. The molecule has 1 atom stereocenters. The van der Waals surface area contributed by atoms with Crippen molar-refractivity contribution in [3.05, 3.63) is 35.4 Å². The Morgan fingerprint density at radius 1 is 1.28 bits per heavy atom. The summed E-state index contributed by atoms with van der Waals surface area (Å²) < 4.78 is 0. The molecule has 1 N–H and O–H groups in total. The van der Waals surface area contributed by atoms with Gasteiger partial charge in [-0.3, -0.25) is 4.90 Å². The van der Waals surface area contributed by atoms with Crippen LogP contribution < -0.4 is 5.32 Å². The first-order valence-electron chi connectivity index (χ1n) is 7.18. The molecule has 0 aliphatic carbocycles. The Bertz CT molecular complexity index is 350. The van der Waals surface area contributed by atoms with Crippen molar-refractivity contribution < 1.29 is 0 Å². The fraction of sp³-hybridized carbons (Fsp3) is 0.625. The summed E-state index contributed by atoms with van der Waals surface area (Å²) in [4.78, 5) is 2.58. The van der Waals surface area contributed by atoms with Crippen molar-refractivity contribution in [1.29, 1.82) is 0 Å². The van der Waals surface area contributed by atoms with Crippen LogP contribution in [0.4, 0.5) is 0 Å². The zero-order valence-corrected chi connectivity index (χ0v) is 11.9. The van der Waals surface area contributed by atoms with Crippen molar-refractivity contribution in [2.24, 2.45) is 0 Å². The molecule has 0 saturated carbocycles. The Kier molecular flexibility index (Phi) is 4.79. The summed E-state index contributed by atoms with van der Waals surface area (Å²) in [5, 5.41) is 3.60. The lowest BCUT2D eigenvalue weighted by Gasteiger charge is -2.29. The van der Waals surface area contributed by atoms with Crippen molar-refractivity contribution in [3.8, 4) is 0 Å². The number of nitrogens with zero attached hydrogens (tertiary/aromatic N) is 1. The van der Waals surface area contributed by atoms with Gasteiger partial charge >= 0.3 is 0 Å². The highest BCUT2D eigenvalue weighted by molar-refractivity contribution is 5.21. The molecule has 0 amide bonds. The van der Waals surface area contributed by atoms with E-state index >= 15 is 0 Å². The maximum absolute atomic E-state index is 3.60. The van der Waals surface area contributed by atoms with E-state index in [4.69, 9.17) is 0 Å².